The number of hydrogen-bond acceptors (Lipinski definition) is 4. The maximum Gasteiger partial charge on any atom is 0.157 e. The molecule has 1 heterocycles. The van der Waals surface area contributed by atoms with Gasteiger partial charge in [0.1, 0.15) is 0 Å². The van der Waals surface area contributed by atoms with Gasteiger partial charge >= 0.3 is 0 Å². The maximum atomic E-state index is 5.28. The largest absolute Gasteiger partial charge is 0.381 e. The van der Waals surface area contributed by atoms with Gasteiger partial charge in [-0.2, -0.15) is 0 Å². The standard InChI is InChI=1S/C14H18N2OS/c1-17-12-7-11(8-12)16-14-15-9-13(18-14)10-5-3-2-4-6-10/h2-6,11-13H,7-9H2,1H3,(H,15,16). The molecule has 1 aliphatic heterocycles. The molecule has 1 saturated carbocycles. The van der Waals surface area contributed by atoms with Crippen LogP contribution >= 0.6 is 11.8 Å². The fraction of sp³-hybridized carbons (Fsp3) is 0.500. The van der Waals surface area contributed by atoms with Crippen molar-refractivity contribution in [2.75, 3.05) is 13.7 Å². The van der Waals surface area contributed by atoms with E-state index in [0.29, 0.717) is 17.4 Å². The van der Waals surface area contributed by atoms with E-state index in [2.05, 4.69) is 40.6 Å². The van der Waals surface area contributed by atoms with Crippen LogP contribution in [-0.4, -0.2) is 31.0 Å². The lowest BCUT2D eigenvalue weighted by Gasteiger charge is -2.35. The summed E-state index contributed by atoms with van der Waals surface area (Å²) in [4.78, 5) is 4.59. The van der Waals surface area contributed by atoms with Crippen molar-refractivity contribution in [3.8, 4) is 0 Å². The van der Waals surface area contributed by atoms with Crippen LogP contribution in [0.2, 0.25) is 0 Å². The molecule has 1 unspecified atom stereocenters. The Kier molecular flexibility index (Phi) is 3.57. The number of amidine groups is 1. The van der Waals surface area contributed by atoms with E-state index in [1.54, 1.807) is 7.11 Å². The van der Waals surface area contributed by atoms with Crippen molar-refractivity contribution in [2.24, 2.45) is 4.99 Å². The van der Waals surface area contributed by atoms with E-state index in [-0.39, 0.29) is 0 Å². The van der Waals surface area contributed by atoms with Crippen LogP contribution in [0.25, 0.3) is 0 Å². The summed E-state index contributed by atoms with van der Waals surface area (Å²) in [5.74, 6) is 0. The summed E-state index contributed by atoms with van der Waals surface area (Å²) >= 11 is 1.85. The van der Waals surface area contributed by atoms with Crippen LogP contribution in [-0.2, 0) is 4.74 Å². The third-order valence-corrected chi connectivity index (χ3v) is 4.76. The second kappa shape index (κ2) is 5.33. The smallest absolute Gasteiger partial charge is 0.157 e. The van der Waals surface area contributed by atoms with E-state index >= 15 is 0 Å². The van der Waals surface area contributed by atoms with Crippen LogP contribution in [0.4, 0.5) is 0 Å². The molecule has 1 aliphatic carbocycles. The molecule has 3 nitrogen and oxygen atoms in total. The zero-order valence-corrected chi connectivity index (χ0v) is 11.3. The number of ether oxygens (including phenoxy) is 1. The molecule has 1 N–H and O–H groups in total. The van der Waals surface area contributed by atoms with Gasteiger partial charge in [-0.3, -0.25) is 4.99 Å². The molecule has 1 atom stereocenters. The molecular formula is C14H18N2OS. The van der Waals surface area contributed by atoms with Gasteiger partial charge in [0.2, 0.25) is 0 Å². The second-order valence-corrected chi connectivity index (χ2v) is 6.02. The van der Waals surface area contributed by atoms with Gasteiger partial charge in [0.15, 0.2) is 5.17 Å². The molecule has 0 saturated heterocycles. The number of hydrogen-bond donors (Lipinski definition) is 1. The Labute approximate surface area is 112 Å². The molecular weight excluding hydrogens is 244 g/mol. The Morgan fingerprint density at radius 2 is 2.06 bits per heavy atom. The Hall–Kier alpha value is -1.00. The van der Waals surface area contributed by atoms with Crippen LogP contribution in [0.1, 0.15) is 23.7 Å². The zero-order chi connectivity index (χ0) is 12.4. The Balaban J connectivity index is 1.50. The van der Waals surface area contributed by atoms with Gasteiger partial charge in [-0.15, -0.1) is 0 Å². The summed E-state index contributed by atoms with van der Waals surface area (Å²) in [6.07, 6.45) is 2.65. The van der Waals surface area contributed by atoms with Crippen LogP contribution < -0.4 is 5.32 Å². The minimum atomic E-state index is 0.444. The van der Waals surface area contributed by atoms with Crippen molar-refractivity contribution in [3.63, 3.8) is 0 Å². The number of thioether (sulfide) groups is 1. The molecule has 18 heavy (non-hydrogen) atoms. The maximum absolute atomic E-state index is 5.28. The Bertz CT molecular complexity index is 429. The average molecular weight is 262 g/mol. The first-order valence-electron chi connectivity index (χ1n) is 6.40. The molecule has 1 aromatic rings. The lowest BCUT2D eigenvalue weighted by atomic mass is 9.89. The second-order valence-electron chi connectivity index (χ2n) is 4.83. The van der Waals surface area contributed by atoms with Gasteiger partial charge in [-0.1, -0.05) is 42.1 Å². The van der Waals surface area contributed by atoms with E-state index in [1.165, 1.54) is 5.56 Å². The number of nitrogens with one attached hydrogen (secondary N) is 1. The van der Waals surface area contributed by atoms with E-state index in [4.69, 9.17) is 4.74 Å². The Morgan fingerprint density at radius 3 is 2.78 bits per heavy atom. The molecule has 0 spiro atoms. The predicted molar refractivity (Wildman–Crippen MR) is 76.0 cm³/mol. The van der Waals surface area contributed by atoms with E-state index in [1.807, 2.05) is 11.8 Å². The number of nitrogens with zero attached hydrogens (tertiary/aromatic N) is 1. The zero-order valence-electron chi connectivity index (χ0n) is 10.5. The van der Waals surface area contributed by atoms with Crippen LogP contribution in [0.15, 0.2) is 35.3 Å². The van der Waals surface area contributed by atoms with Crippen molar-refractivity contribution < 1.29 is 4.74 Å². The third-order valence-electron chi connectivity index (χ3n) is 3.58. The lowest BCUT2D eigenvalue weighted by Crippen LogP contribution is -2.46. The first-order chi connectivity index (χ1) is 8.85. The summed E-state index contributed by atoms with van der Waals surface area (Å²) in [6, 6.07) is 11.2. The topological polar surface area (TPSA) is 33.6 Å². The molecule has 4 heteroatoms. The summed E-state index contributed by atoms with van der Waals surface area (Å²) < 4.78 is 5.28. The van der Waals surface area contributed by atoms with Gasteiger partial charge in [0, 0.05) is 13.2 Å². The van der Waals surface area contributed by atoms with Crippen LogP contribution in [0, 0.1) is 0 Å². The van der Waals surface area contributed by atoms with Crippen molar-refractivity contribution in [1.29, 1.82) is 0 Å². The monoisotopic (exact) mass is 262 g/mol. The minimum absolute atomic E-state index is 0.444. The fourth-order valence-electron chi connectivity index (χ4n) is 2.35. The lowest BCUT2D eigenvalue weighted by molar-refractivity contribution is 0.0228. The highest BCUT2D eigenvalue weighted by atomic mass is 32.2. The van der Waals surface area contributed by atoms with E-state index < -0.39 is 0 Å². The third kappa shape index (κ3) is 2.54. The SMILES string of the molecule is COC1CC(NC2=NCC(c3ccccc3)S2)C1. The summed E-state index contributed by atoms with van der Waals surface area (Å²) in [5.41, 5.74) is 1.37. The molecule has 96 valence electrons. The molecule has 0 amide bonds. The van der Waals surface area contributed by atoms with Gasteiger partial charge < -0.3 is 10.1 Å². The first kappa shape index (κ1) is 12.1. The molecule has 2 aliphatic rings. The highest BCUT2D eigenvalue weighted by molar-refractivity contribution is 8.14. The molecule has 0 radical (unpaired) electrons. The fourth-order valence-corrected chi connectivity index (χ4v) is 3.44. The highest BCUT2D eigenvalue weighted by Gasteiger charge is 2.31. The summed E-state index contributed by atoms with van der Waals surface area (Å²) in [7, 11) is 1.79. The van der Waals surface area contributed by atoms with Crippen molar-refractivity contribution in [2.45, 2.75) is 30.2 Å². The Morgan fingerprint density at radius 1 is 1.28 bits per heavy atom. The van der Waals surface area contributed by atoms with Gasteiger partial charge in [0.25, 0.3) is 0 Å². The van der Waals surface area contributed by atoms with Crippen LogP contribution in [0.5, 0.6) is 0 Å². The normalized spacial score (nSPS) is 30.7. The molecule has 0 aromatic heterocycles. The minimum Gasteiger partial charge on any atom is -0.381 e. The summed E-state index contributed by atoms with van der Waals surface area (Å²) in [5, 5.41) is 5.09. The van der Waals surface area contributed by atoms with Gasteiger partial charge in [0.05, 0.1) is 17.9 Å². The van der Waals surface area contributed by atoms with Gasteiger partial charge in [-0.25, -0.2) is 0 Å². The quantitative estimate of drug-likeness (QED) is 0.909. The molecule has 0 bridgehead atoms. The number of methoxy groups -OCH3 is 1. The van der Waals surface area contributed by atoms with Gasteiger partial charge in [-0.05, 0) is 18.4 Å². The first-order valence-corrected chi connectivity index (χ1v) is 7.28. The predicted octanol–water partition coefficient (Wildman–Crippen LogP) is 2.60. The van der Waals surface area contributed by atoms with Crippen molar-refractivity contribution in [1.82, 2.24) is 5.32 Å². The van der Waals surface area contributed by atoms with E-state index in [9.17, 15) is 0 Å². The number of rotatable bonds is 3. The van der Waals surface area contributed by atoms with Crippen molar-refractivity contribution in [3.05, 3.63) is 35.9 Å². The number of aliphatic imine (C=N–C) groups is 1. The molecule has 1 aromatic carbocycles. The molecule has 3 rings (SSSR count). The molecule has 1 fully saturated rings. The highest BCUT2D eigenvalue weighted by Crippen LogP contribution is 2.35. The number of benzene rings is 1. The van der Waals surface area contributed by atoms with Crippen molar-refractivity contribution >= 4 is 16.9 Å². The average Bonchev–Trinajstić information content (AvgIpc) is 2.83. The summed E-state index contributed by atoms with van der Waals surface area (Å²) in [6.45, 7) is 0.886. The van der Waals surface area contributed by atoms with Crippen LogP contribution in [0.3, 0.4) is 0 Å². The van der Waals surface area contributed by atoms with E-state index in [0.717, 1.165) is 24.6 Å².